The molecule has 2 rings (SSSR count). The molecule has 1 aliphatic rings. The fourth-order valence-electron chi connectivity index (χ4n) is 3.03. The first kappa shape index (κ1) is 17.3. The lowest BCUT2D eigenvalue weighted by atomic mass is 9.91. The summed E-state index contributed by atoms with van der Waals surface area (Å²) in [4.78, 5) is 8.32. The van der Waals surface area contributed by atoms with E-state index in [0.717, 1.165) is 25.6 Å². The summed E-state index contributed by atoms with van der Waals surface area (Å²) in [5.74, 6) is 0.910. The van der Waals surface area contributed by atoms with Crippen LogP contribution < -0.4 is 10.6 Å². The summed E-state index contributed by atoms with van der Waals surface area (Å²) in [5.41, 5.74) is 0.120. The standard InChI is InChI=1S/C17H30N4S/c1-5-21-10-6-8-14(21)12-19-16(18-4)20-13-17(2,3)15-9-7-11-22-15/h7,9,11,14H,5-6,8,10,12-13H2,1-4H3,(H2,18,19,20). The van der Waals surface area contributed by atoms with Crippen LogP contribution in [0, 0.1) is 0 Å². The zero-order valence-electron chi connectivity index (χ0n) is 14.4. The smallest absolute Gasteiger partial charge is 0.191 e. The quantitative estimate of drug-likeness (QED) is 0.625. The average Bonchev–Trinajstić information content (AvgIpc) is 3.18. The van der Waals surface area contributed by atoms with Crippen LogP contribution >= 0.6 is 11.3 Å². The molecule has 2 heterocycles. The second-order valence-corrected chi connectivity index (χ2v) is 7.54. The largest absolute Gasteiger partial charge is 0.356 e. The van der Waals surface area contributed by atoms with E-state index in [9.17, 15) is 0 Å². The maximum atomic E-state index is 4.36. The molecule has 1 aromatic heterocycles. The highest BCUT2D eigenvalue weighted by atomic mass is 32.1. The van der Waals surface area contributed by atoms with Gasteiger partial charge < -0.3 is 10.6 Å². The molecule has 0 spiro atoms. The minimum atomic E-state index is 0.120. The fourth-order valence-corrected chi connectivity index (χ4v) is 3.89. The number of hydrogen-bond donors (Lipinski definition) is 2. The Labute approximate surface area is 139 Å². The van der Waals surface area contributed by atoms with Gasteiger partial charge >= 0.3 is 0 Å². The second kappa shape index (κ2) is 7.97. The molecule has 0 saturated carbocycles. The summed E-state index contributed by atoms with van der Waals surface area (Å²) < 4.78 is 0. The van der Waals surface area contributed by atoms with Crippen LogP contribution in [-0.2, 0) is 5.41 Å². The summed E-state index contributed by atoms with van der Waals surface area (Å²) in [6.45, 7) is 11.0. The van der Waals surface area contributed by atoms with Gasteiger partial charge in [0.25, 0.3) is 0 Å². The van der Waals surface area contributed by atoms with E-state index >= 15 is 0 Å². The molecular weight excluding hydrogens is 292 g/mol. The molecule has 1 aliphatic heterocycles. The van der Waals surface area contributed by atoms with Crippen molar-refractivity contribution >= 4 is 17.3 Å². The summed E-state index contributed by atoms with van der Waals surface area (Å²) in [6, 6.07) is 4.97. The van der Waals surface area contributed by atoms with Crippen LogP contribution in [0.3, 0.4) is 0 Å². The predicted molar refractivity (Wildman–Crippen MR) is 97.0 cm³/mol. The van der Waals surface area contributed by atoms with E-state index in [4.69, 9.17) is 0 Å². The predicted octanol–water partition coefficient (Wildman–Crippen LogP) is 2.68. The Bertz CT molecular complexity index is 467. The normalized spacial score (nSPS) is 20.4. The molecule has 0 bridgehead atoms. The Morgan fingerprint density at radius 1 is 1.45 bits per heavy atom. The van der Waals surface area contributed by atoms with E-state index < -0.39 is 0 Å². The van der Waals surface area contributed by atoms with Crippen molar-refractivity contribution in [3.8, 4) is 0 Å². The summed E-state index contributed by atoms with van der Waals surface area (Å²) in [6.07, 6.45) is 2.61. The lowest BCUT2D eigenvalue weighted by Crippen LogP contribution is -2.47. The Morgan fingerprint density at radius 3 is 2.91 bits per heavy atom. The van der Waals surface area contributed by atoms with Crippen LogP contribution in [0.5, 0.6) is 0 Å². The number of aliphatic imine (C=N–C) groups is 1. The van der Waals surface area contributed by atoms with Crippen molar-refractivity contribution < 1.29 is 0 Å². The molecule has 1 atom stereocenters. The van der Waals surface area contributed by atoms with E-state index in [0.29, 0.717) is 6.04 Å². The monoisotopic (exact) mass is 322 g/mol. The van der Waals surface area contributed by atoms with Crippen LogP contribution in [0.4, 0.5) is 0 Å². The number of likely N-dealkylation sites (tertiary alicyclic amines) is 1. The SMILES string of the molecule is CCN1CCCC1CNC(=NC)NCC(C)(C)c1cccs1. The number of guanidine groups is 1. The molecule has 0 amide bonds. The van der Waals surface area contributed by atoms with Gasteiger partial charge in [0.05, 0.1) is 0 Å². The Balaban J connectivity index is 1.80. The van der Waals surface area contributed by atoms with Crippen LogP contribution in [0.25, 0.3) is 0 Å². The Kier molecular flexibility index (Phi) is 6.26. The van der Waals surface area contributed by atoms with Crippen molar-refractivity contribution in [3.63, 3.8) is 0 Å². The number of rotatable bonds is 6. The van der Waals surface area contributed by atoms with Crippen LogP contribution in [-0.4, -0.2) is 50.1 Å². The van der Waals surface area contributed by atoms with E-state index in [-0.39, 0.29) is 5.41 Å². The first-order valence-corrected chi connectivity index (χ1v) is 9.17. The molecule has 0 aliphatic carbocycles. The highest BCUT2D eigenvalue weighted by Gasteiger charge is 2.24. The lowest BCUT2D eigenvalue weighted by Gasteiger charge is -2.27. The van der Waals surface area contributed by atoms with Gasteiger partial charge in [0.2, 0.25) is 0 Å². The number of nitrogens with one attached hydrogen (secondary N) is 2. The molecule has 1 saturated heterocycles. The maximum Gasteiger partial charge on any atom is 0.191 e. The second-order valence-electron chi connectivity index (χ2n) is 6.59. The topological polar surface area (TPSA) is 39.7 Å². The third kappa shape index (κ3) is 4.46. The van der Waals surface area contributed by atoms with Gasteiger partial charge in [-0.05, 0) is 37.4 Å². The molecule has 22 heavy (non-hydrogen) atoms. The molecular formula is C17H30N4S. The van der Waals surface area contributed by atoms with Gasteiger partial charge in [-0.25, -0.2) is 0 Å². The molecule has 2 N–H and O–H groups in total. The third-order valence-corrected chi connectivity index (χ3v) is 5.76. The van der Waals surface area contributed by atoms with Crippen molar-refractivity contribution in [1.29, 1.82) is 0 Å². The molecule has 5 heteroatoms. The Morgan fingerprint density at radius 2 is 2.27 bits per heavy atom. The van der Waals surface area contributed by atoms with Gasteiger partial charge in [-0.15, -0.1) is 11.3 Å². The molecule has 124 valence electrons. The summed E-state index contributed by atoms with van der Waals surface area (Å²) in [7, 11) is 1.85. The van der Waals surface area contributed by atoms with Gasteiger partial charge in [0, 0.05) is 36.5 Å². The number of likely N-dealkylation sites (N-methyl/N-ethyl adjacent to an activating group) is 1. The zero-order chi connectivity index (χ0) is 16.0. The van der Waals surface area contributed by atoms with Gasteiger partial charge in [-0.1, -0.05) is 26.8 Å². The van der Waals surface area contributed by atoms with Gasteiger partial charge in [-0.3, -0.25) is 9.89 Å². The molecule has 0 aromatic carbocycles. The van der Waals surface area contributed by atoms with E-state index in [1.54, 1.807) is 0 Å². The maximum absolute atomic E-state index is 4.36. The van der Waals surface area contributed by atoms with Crippen molar-refractivity contribution in [1.82, 2.24) is 15.5 Å². The van der Waals surface area contributed by atoms with Crippen LogP contribution in [0.15, 0.2) is 22.5 Å². The van der Waals surface area contributed by atoms with Gasteiger partial charge in [0.1, 0.15) is 0 Å². The first-order valence-electron chi connectivity index (χ1n) is 8.29. The number of hydrogen-bond acceptors (Lipinski definition) is 3. The number of thiophene rings is 1. The Hall–Kier alpha value is -1.07. The fraction of sp³-hybridized carbons (Fsp3) is 0.706. The van der Waals surface area contributed by atoms with E-state index in [1.165, 1.54) is 24.3 Å². The summed E-state index contributed by atoms with van der Waals surface area (Å²) in [5, 5.41) is 9.12. The van der Waals surface area contributed by atoms with Crippen LogP contribution in [0.2, 0.25) is 0 Å². The first-order chi connectivity index (χ1) is 10.6. The van der Waals surface area contributed by atoms with Crippen molar-refractivity contribution in [2.24, 2.45) is 4.99 Å². The van der Waals surface area contributed by atoms with Crippen molar-refractivity contribution in [2.75, 3.05) is 33.2 Å². The minimum Gasteiger partial charge on any atom is -0.356 e. The van der Waals surface area contributed by atoms with E-state index in [1.807, 2.05) is 18.4 Å². The van der Waals surface area contributed by atoms with Gasteiger partial charge in [0.15, 0.2) is 5.96 Å². The van der Waals surface area contributed by atoms with E-state index in [2.05, 4.69) is 58.8 Å². The summed E-state index contributed by atoms with van der Waals surface area (Å²) >= 11 is 1.82. The highest BCUT2D eigenvalue weighted by molar-refractivity contribution is 7.10. The minimum absolute atomic E-state index is 0.120. The molecule has 4 nitrogen and oxygen atoms in total. The lowest BCUT2D eigenvalue weighted by molar-refractivity contribution is 0.267. The molecule has 1 unspecified atom stereocenters. The molecule has 0 radical (unpaired) electrons. The molecule has 1 aromatic rings. The van der Waals surface area contributed by atoms with Gasteiger partial charge in [-0.2, -0.15) is 0 Å². The number of nitrogens with zero attached hydrogens (tertiary/aromatic N) is 2. The van der Waals surface area contributed by atoms with Crippen molar-refractivity contribution in [2.45, 2.75) is 45.1 Å². The average molecular weight is 323 g/mol. The van der Waals surface area contributed by atoms with Crippen molar-refractivity contribution in [3.05, 3.63) is 22.4 Å². The third-order valence-electron chi connectivity index (χ3n) is 4.52. The highest BCUT2D eigenvalue weighted by Crippen LogP contribution is 2.26. The zero-order valence-corrected chi connectivity index (χ0v) is 15.2. The van der Waals surface area contributed by atoms with Crippen LogP contribution in [0.1, 0.15) is 38.5 Å². The molecule has 1 fully saturated rings.